The summed E-state index contributed by atoms with van der Waals surface area (Å²) >= 11 is 0. The van der Waals surface area contributed by atoms with E-state index in [9.17, 15) is 13.2 Å². The molecule has 24 heavy (non-hydrogen) atoms. The van der Waals surface area contributed by atoms with Gasteiger partial charge in [-0.2, -0.15) is 18.3 Å². The van der Waals surface area contributed by atoms with Crippen LogP contribution in [0.15, 0.2) is 12.3 Å². The lowest BCUT2D eigenvalue weighted by molar-refractivity contribution is -0.164. The van der Waals surface area contributed by atoms with E-state index in [0.29, 0.717) is 13.2 Å². The second-order valence-corrected chi connectivity index (χ2v) is 6.44. The highest BCUT2D eigenvalue weighted by atomic mass is 19.4. The van der Waals surface area contributed by atoms with Crippen molar-refractivity contribution in [1.29, 1.82) is 0 Å². The normalized spacial score (nSPS) is 26.6. The van der Waals surface area contributed by atoms with Crippen LogP contribution in [-0.2, 0) is 15.7 Å². The van der Waals surface area contributed by atoms with Crippen molar-refractivity contribution in [2.45, 2.75) is 50.6 Å². The first-order valence-corrected chi connectivity index (χ1v) is 8.60. The second-order valence-electron chi connectivity index (χ2n) is 6.44. The van der Waals surface area contributed by atoms with E-state index in [1.165, 1.54) is 10.9 Å². The summed E-state index contributed by atoms with van der Waals surface area (Å²) in [5.74, 6) is 0. The number of halogens is 3. The molecule has 0 N–H and O–H groups in total. The van der Waals surface area contributed by atoms with Crippen LogP contribution >= 0.6 is 0 Å². The number of alkyl halides is 3. The topological polar surface area (TPSA) is 39.5 Å². The molecule has 0 amide bonds. The third-order valence-corrected chi connectivity index (χ3v) is 4.60. The smallest absolute Gasteiger partial charge is 0.353 e. The molecule has 2 atom stereocenters. The largest absolute Gasteiger partial charge is 0.435 e. The maximum Gasteiger partial charge on any atom is 0.435 e. The zero-order valence-electron chi connectivity index (χ0n) is 13.7. The van der Waals surface area contributed by atoms with Crippen LogP contribution in [0, 0.1) is 0 Å². The SMILES string of the molecule is FC(F)(F)c1ccn([C@@H]2CCCN(CCO[C@H]3CCCCO3)C2)n1. The Balaban J connectivity index is 1.46. The molecule has 3 rings (SSSR count). The molecule has 3 heterocycles. The standard InChI is InChI=1S/C16H24F3N3O2/c17-16(18,19)14-6-8-22(20-14)13-4-3-7-21(12-13)9-11-24-15-5-1-2-10-23-15/h6,8,13,15H,1-5,7,9-12H2/t13-,15+/m1/s1. The monoisotopic (exact) mass is 347 g/mol. The lowest BCUT2D eigenvalue weighted by Crippen LogP contribution is -2.39. The fraction of sp³-hybridized carbons (Fsp3) is 0.812. The molecule has 0 radical (unpaired) electrons. The molecule has 0 bridgehead atoms. The van der Waals surface area contributed by atoms with Crippen molar-refractivity contribution >= 4 is 0 Å². The van der Waals surface area contributed by atoms with Gasteiger partial charge >= 0.3 is 6.18 Å². The van der Waals surface area contributed by atoms with Crippen molar-refractivity contribution in [1.82, 2.24) is 14.7 Å². The predicted octanol–water partition coefficient (Wildman–Crippen LogP) is 3.08. The molecule has 2 aliphatic rings. The zero-order valence-corrected chi connectivity index (χ0v) is 13.7. The quantitative estimate of drug-likeness (QED) is 0.821. The fourth-order valence-electron chi connectivity index (χ4n) is 3.30. The van der Waals surface area contributed by atoms with Crippen LogP contribution in [0.2, 0.25) is 0 Å². The molecule has 5 nitrogen and oxygen atoms in total. The molecule has 0 spiro atoms. The number of aromatic nitrogens is 2. The van der Waals surface area contributed by atoms with Crippen molar-refractivity contribution in [2.24, 2.45) is 0 Å². The summed E-state index contributed by atoms with van der Waals surface area (Å²) in [5, 5.41) is 3.71. The zero-order chi connectivity index (χ0) is 17.0. The molecule has 1 aromatic rings. The van der Waals surface area contributed by atoms with E-state index in [1.807, 2.05) is 0 Å². The summed E-state index contributed by atoms with van der Waals surface area (Å²) in [4.78, 5) is 2.23. The summed E-state index contributed by atoms with van der Waals surface area (Å²) in [5.41, 5.74) is -0.822. The van der Waals surface area contributed by atoms with Gasteiger partial charge in [0.25, 0.3) is 0 Å². The van der Waals surface area contributed by atoms with Crippen LogP contribution in [0.1, 0.15) is 43.8 Å². The average molecular weight is 347 g/mol. The lowest BCUT2D eigenvalue weighted by atomic mass is 10.1. The fourth-order valence-corrected chi connectivity index (χ4v) is 3.30. The van der Waals surface area contributed by atoms with E-state index < -0.39 is 11.9 Å². The highest BCUT2D eigenvalue weighted by Gasteiger charge is 2.34. The first kappa shape index (κ1) is 17.7. The Morgan fingerprint density at radius 1 is 1.25 bits per heavy atom. The van der Waals surface area contributed by atoms with Crippen LogP contribution < -0.4 is 0 Å². The third-order valence-electron chi connectivity index (χ3n) is 4.60. The van der Waals surface area contributed by atoms with Crippen LogP contribution in [0.25, 0.3) is 0 Å². The van der Waals surface area contributed by atoms with Gasteiger partial charge in [-0.1, -0.05) is 0 Å². The number of ether oxygens (including phenoxy) is 2. The van der Waals surface area contributed by atoms with Gasteiger partial charge in [-0.25, -0.2) is 0 Å². The minimum Gasteiger partial charge on any atom is -0.353 e. The summed E-state index contributed by atoms with van der Waals surface area (Å²) in [6.45, 7) is 3.76. The molecule has 2 fully saturated rings. The van der Waals surface area contributed by atoms with E-state index in [4.69, 9.17) is 9.47 Å². The van der Waals surface area contributed by atoms with Gasteiger partial charge in [-0.15, -0.1) is 0 Å². The highest BCUT2D eigenvalue weighted by Crippen LogP contribution is 2.29. The molecule has 0 aromatic carbocycles. The molecular weight excluding hydrogens is 323 g/mol. The van der Waals surface area contributed by atoms with Crippen molar-refractivity contribution in [2.75, 3.05) is 32.8 Å². The number of hydrogen-bond donors (Lipinski definition) is 0. The van der Waals surface area contributed by atoms with Gasteiger partial charge in [-0.3, -0.25) is 9.58 Å². The van der Waals surface area contributed by atoms with E-state index in [2.05, 4.69) is 10.00 Å². The highest BCUT2D eigenvalue weighted by molar-refractivity contribution is 5.04. The Morgan fingerprint density at radius 3 is 2.83 bits per heavy atom. The molecule has 0 saturated carbocycles. The van der Waals surface area contributed by atoms with Gasteiger partial charge in [0.2, 0.25) is 0 Å². The first-order valence-electron chi connectivity index (χ1n) is 8.60. The van der Waals surface area contributed by atoms with Gasteiger partial charge in [0.15, 0.2) is 12.0 Å². The van der Waals surface area contributed by atoms with Crippen LogP contribution in [0.3, 0.4) is 0 Å². The minimum absolute atomic E-state index is 0.0132. The molecule has 2 saturated heterocycles. The van der Waals surface area contributed by atoms with Crippen molar-refractivity contribution in [3.05, 3.63) is 18.0 Å². The number of likely N-dealkylation sites (tertiary alicyclic amines) is 1. The Labute approximate surface area is 139 Å². The molecule has 136 valence electrons. The molecule has 0 unspecified atom stereocenters. The van der Waals surface area contributed by atoms with E-state index in [-0.39, 0.29) is 12.3 Å². The predicted molar refractivity (Wildman–Crippen MR) is 81.5 cm³/mol. The summed E-state index contributed by atoms with van der Waals surface area (Å²) in [7, 11) is 0. The number of rotatable bonds is 5. The van der Waals surface area contributed by atoms with Crippen molar-refractivity contribution in [3.63, 3.8) is 0 Å². The Bertz CT molecular complexity index is 515. The lowest BCUT2D eigenvalue weighted by Gasteiger charge is -2.33. The van der Waals surface area contributed by atoms with Gasteiger partial charge in [0.1, 0.15) is 0 Å². The van der Waals surface area contributed by atoms with E-state index >= 15 is 0 Å². The number of hydrogen-bond acceptors (Lipinski definition) is 4. The Kier molecular flexibility index (Phi) is 5.78. The van der Waals surface area contributed by atoms with Gasteiger partial charge in [0, 0.05) is 25.9 Å². The van der Waals surface area contributed by atoms with Crippen molar-refractivity contribution < 1.29 is 22.6 Å². The molecule has 2 aliphatic heterocycles. The Morgan fingerprint density at radius 2 is 2.12 bits per heavy atom. The second kappa shape index (κ2) is 7.84. The maximum atomic E-state index is 12.7. The van der Waals surface area contributed by atoms with E-state index in [0.717, 1.165) is 57.9 Å². The first-order chi connectivity index (χ1) is 11.5. The van der Waals surface area contributed by atoms with Crippen LogP contribution in [0.5, 0.6) is 0 Å². The Hall–Kier alpha value is -1.12. The third kappa shape index (κ3) is 4.70. The van der Waals surface area contributed by atoms with Gasteiger partial charge in [-0.05, 0) is 44.7 Å². The van der Waals surface area contributed by atoms with Crippen LogP contribution in [0.4, 0.5) is 13.2 Å². The minimum atomic E-state index is -4.38. The number of piperidine rings is 1. The van der Waals surface area contributed by atoms with E-state index in [1.54, 1.807) is 0 Å². The maximum absolute atomic E-state index is 12.7. The number of nitrogens with zero attached hydrogens (tertiary/aromatic N) is 3. The molecule has 1 aromatic heterocycles. The summed E-state index contributed by atoms with van der Waals surface area (Å²) in [6, 6.07) is 1.03. The summed E-state index contributed by atoms with van der Waals surface area (Å²) in [6.07, 6.45) is 1.93. The van der Waals surface area contributed by atoms with Gasteiger partial charge in [0.05, 0.1) is 12.6 Å². The molecule has 8 heteroatoms. The molecule has 0 aliphatic carbocycles. The summed E-state index contributed by atoms with van der Waals surface area (Å²) < 4.78 is 50.8. The molecular formula is C16H24F3N3O2. The average Bonchev–Trinajstić information content (AvgIpc) is 3.07. The van der Waals surface area contributed by atoms with Crippen molar-refractivity contribution in [3.8, 4) is 0 Å². The van der Waals surface area contributed by atoms with Gasteiger partial charge < -0.3 is 9.47 Å². The van der Waals surface area contributed by atoms with Crippen LogP contribution in [-0.4, -0.2) is 53.8 Å².